The maximum atomic E-state index is 10.2. The third-order valence-electron chi connectivity index (χ3n) is 6.99. The predicted octanol–water partition coefficient (Wildman–Crippen LogP) is 3.58. The number of aliphatic hydroxyl groups excluding tert-OH is 1. The number of aliphatic hydroxyl groups is 1. The van der Waals surface area contributed by atoms with Crippen LogP contribution in [-0.2, 0) is 12.1 Å². The van der Waals surface area contributed by atoms with Crippen molar-refractivity contribution in [3.63, 3.8) is 0 Å². The molecule has 5 heteroatoms. The molecule has 1 saturated carbocycles. The Hall–Kier alpha value is -2.97. The number of hydrogen-bond donors (Lipinski definition) is 2. The van der Waals surface area contributed by atoms with E-state index in [1.54, 1.807) is 6.20 Å². The summed E-state index contributed by atoms with van der Waals surface area (Å²) in [6.45, 7) is 3.77. The molecule has 1 aliphatic heterocycles. The summed E-state index contributed by atoms with van der Waals surface area (Å²) in [5.41, 5.74) is 11.7. The lowest BCUT2D eigenvalue weighted by molar-refractivity contribution is 0.0233. The Labute approximate surface area is 177 Å². The molecule has 0 saturated heterocycles. The molecule has 2 spiro atoms. The third kappa shape index (κ3) is 2.71. The number of amidine groups is 1. The molecule has 1 aromatic heterocycles. The Bertz CT molecular complexity index is 1130. The van der Waals surface area contributed by atoms with Crippen molar-refractivity contribution in [2.75, 3.05) is 0 Å². The Morgan fingerprint density at radius 3 is 2.60 bits per heavy atom. The number of benzene rings is 1. The fraction of sp³-hybridized carbons (Fsp3) is 0.400. The van der Waals surface area contributed by atoms with Crippen molar-refractivity contribution < 1.29 is 5.11 Å². The van der Waals surface area contributed by atoms with E-state index in [0.29, 0.717) is 5.84 Å². The molecule has 2 heterocycles. The van der Waals surface area contributed by atoms with E-state index < -0.39 is 5.66 Å². The standard InChI is InChI=1S/C25H26N4O/c1-3-4-17-11-20(15-27-14-17)18-5-6-19-13-24(9-7-21(30)8-10-24)25(22(19)12-18)28-16(2)23(26)29-25/h5-6,11-12,14-15,21,30H,7-10,13H2,1-2H3,(H2,26,29). The van der Waals surface area contributed by atoms with E-state index >= 15 is 0 Å². The van der Waals surface area contributed by atoms with Crippen molar-refractivity contribution in [2.45, 2.75) is 57.7 Å². The molecule has 0 bridgehead atoms. The van der Waals surface area contributed by atoms with Gasteiger partial charge in [0.05, 0.1) is 11.8 Å². The first-order valence-electron chi connectivity index (χ1n) is 10.6. The highest BCUT2D eigenvalue weighted by Crippen LogP contribution is 2.61. The molecule has 3 aliphatic rings. The zero-order valence-corrected chi connectivity index (χ0v) is 17.4. The van der Waals surface area contributed by atoms with Crippen LogP contribution in [0.4, 0.5) is 0 Å². The van der Waals surface area contributed by atoms with Gasteiger partial charge in [-0.15, -0.1) is 5.92 Å². The van der Waals surface area contributed by atoms with Gasteiger partial charge in [0.1, 0.15) is 5.84 Å². The van der Waals surface area contributed by atoms with Gasteiger partial charge >= 0.3 is 0 Å². The second kappa shape index (κ2) is 6.78. The van der Waals surface area contributed by atoms with Gasteiger partial charge in [-0.05, 0) is 69.2 Å². The molecular formula is C25H26N4O. The first kappa shape index (κ1) is 19.0. The van der Waals surface area contributed by atoms with Crippen LogP contribution in [-0.4, -0.2) is 27.7 Å². The Morgan fingerprint density at radius 2 is 1.90 bits per heavy atom. The van der Waals surface area contributed by atoms with Gasteiger partial charge in [0, 0.05) is 34.5 Å². The monoisotopic (exact) mass is 398 g/mol. The first-order chi connectivity index (χ1) is 14.5. The normalized spacial score (nSPS) is 29.4. The average molecular weight is 399 g/mol. The molecule has 5 nitrogen and oxygen atoms in total. The topological polar surface area (TPSA) is 83.9 Å². The second-order valence-electron chi connectivity index (χ2n) is 8.76. The lowest BCUT2D eigenvalue weighted by atomic mass is 9.65. The van der Waals surface area contributed by atoms with Crippen molar-refractivity contribution in [1.82, 2.24) is 4.98 Å². The molecule has 2 aromatic rings. The van der Waals surface area contributed by atoms with E-state index in [0.717, 1.165) is 60.1 Å². The van der Waals surface area contributed by atoms with Crippen LogP contribution in [0.15, 0.2) is 46.6 Å². The zero-order chi connectivity index (χ0) is 20.9. The van der Waals surface area contributed by atoms with Gasteiger partial charge in [-0.1, -0.05) is 18.1 Å². The molecule has 0 radical (unpaired) electrons. The van der Waals surface area contributed by atoms with E-state index in [2.05, 4.69) is 41.1 Å². The van der Waals surface area contributed by atoms with E-state index in [1.165, 1.54) is 5.56 Å². The summed E-state index contributed by atoms with van der Waals surface area (Å²) in [6.07, 6.45) is 7.72. The molecule has 30 heavy (non-hydrogen) atoms. The van der Waals surface area contributed by atoms with Crippen LogP contribution >= 0.6 is 0 Å². The third-order valence-corrected chi connectivity index (χ3v) is 6.99. The fourth-order valence-electron chi connectivity index (χ4n) is 5.44. The Kier molecular flexibility index (Phi) is 4.30. The minimum atomic E-state index is -0.680. The second-order valence-corrected chi connectivity index (χ2v) is 8.76. The van der Waals surface area contributed by atoms with Crippen molar-refractivity contribution in [3.05, 3.63) is 53.3 Å². The van der Waals surface area contributed by atoms with E-state index in [4.69, 9.17) is 15.7 Å². The molecular weight excluding hydrogens is 372 g/mol. The van der Waals surface area contributed by atoms with Crippen LogP contribution in [0.25, 0.3) is 11.1 Å². The molecule has 3 N–H and O–H groups in total. The summed E-state index contributed by atoms with van der Waals surface area (Å²) in [4.78, 5) is 14.5. The minimum Gasteiger partial charge on any atom is -0.393 e. The lowest BCUT2D eigenvalue weighted by Gasteiger charge is -2.44. The summed E-state index contributed by atoms with van der Waals surface area (Å²) >= 11 is 0. The summed E-state index contributed by atoms with van der Waals surface area (Å²) in [6, 6.07) is 8.65. The number of rotatable bonds is 1. The molecule has 1 unspecified atom stereocenters. The van der Waals surface area contributed by atoms with Crippen LogP contribution in [0.2, 0.25) is 0 Å². The number of hydrogen-bond acceptors (Lipinski definition) is 5. The molecule has 2 aliphatic carbocycles. The summed E-state index contributed by atoms with van der Waals surface area (Å²) in [5.74, 6) is 6.55. The summed E-state index contributed by atoms with van der Waals surface area (Å²) in [5, 5.41) is 10.2. The summed E-state index contributed by atoms with van der Waals surface area (Å²) in [7, 11) is 0. The van der Waals surface area contributed by atoms with Crippen LogP contribution in [0.5, 0.6) is 0 Å². The van der Waals surface area contributed by atoms with Crippen molar-refractivity contribution >= 4 is 11.5 Å². The number of nitrogens with two attached hydrogens (primary N) is 1. The van der Waals surface area contributed by atoms with E-state index in [-0.39, 0.29) is 11.5 Å². The van der Waals surface area contributed by atoms with Gasteiger partial charge in [0.15, 0.2) is 5.66 Å². The number of pyridine rings is 1. The maximum Gasteiger partial charge on any atom is 0.184 e. The minimum absolute atomic E-state index is 0.122. The van der Waals surface area contributed by atoms with Gasteiger partial charge in [-0.2, -0.15) is 0 Å². The van der Waals surface area contributed by atoms with Crippen LogP contribution in [0.1, 0.15) is 56.2 Å². The van der Waals surface area contributed by atoms with Crippen LogP contribution in [0, 0.1) is 17.3 Å². The van der Waals surface area contributed by atoms with Gasteiger partial charge < -0.3 is 10.8 Å². The van der Waals surface area contributed by atoms with Gasteiger partial charge in [-0.3, -0.25) is 9.98 Å². The van der Waals surface area contributed by atoms with Crippen molar-refractivity contribution in [1.29, 1.82) is 0 Å². The predicted molar refractivity (Wildman–Crippen MR) is 119 cm³/mol. The maximum absolute atomic E-state index is 10.2. The zero-order valence-electron chi connectivity index (χ0n) is 17.4. The first-order valence-corrected chi connectivity index (χ1v) is 10.6. The highest BCUT2D eigenvalue weighted by Gasteiger charge is 2.60. The Morgan fingerprint density at radius 1 is 1.10 bits per heavy atom. The number of fused-ring (bicyclic) bond motifs is 3. The average Bonchev–Trinajstić information content (AvgIpc) is 3.18. The van der Waals surface area contributed by atoms with Crippen LogP contribution in [0.3, 0.4) is 0 Å². The van der Waals surface area contributed by atoms with Gasteiger partial charge in [-0.25, -0.2) is 4.99 Å². The van der Waals surface area contributed by atoms with E-state index in [1.807, 2.05) is 20.0 Å². The SMILES string of the molecule is CC#Cc1cncc(-c2ccc3c(c2)C2(N=C(C)C(N)=N2)C2(CCC(O)CC2)C3)c1. The highest BCUT2D eigenvalue weighted by molar-refractivity contribution is 6.41. The fourth-order valence-corrected chi connectivity index (χ4v) is 5.44. The van der Waals surface area contributed by atoms with Gasteiger partial charge in [0.2, 0.25) is 0 Å². The molecule has 5 rings (SSSR count). The lowest BCUT2D eigenvalue weighted by Crippen LogP contribution is -2.43. The number of nitrogens with zero attached hydrogens (tertiary/aromatic N) is 3. The molecule has 1 aromatic carbocycles. The number of aliphatic imine (C=N–C) groups is 2. The molecule has 0 amide bonds. The van der Waals surface area contributed by atoms with Gasteiger partial charge in [0.25, 0.3) is 0 Å². The van der Waals surface area contributed by atoms with Crippen LogP contribution < -0.4 is 5.73 Å². The molecule has 1 fully saturated rings. The number of aromatic nitrogens is 1. The highest BCUT2D eigenvalue weighted by atomic mass is 16.3. The summed E-state index contributed by atoms with van der Waals surface area (Å²) < 4.78 is 0. The van der Waals surface area contributed by atoms with Crippen molar-refractivity contribution in [2.24, 2.45) is 21.1 Å². The van der Waals surface area contributed by atoms with E-state index in [9.17, 15) is 5.11 Å². The van der Waals surface area contributed by atoms with Crippen molar-refractivity contribution in [3.8, 4) is 23.0 Å². The molecule has 1 atom stereocenters. The Balaban J connectivity index is 1.66. The quantitative estimate of drug-likeness (QED) is 0.720. The largest absolute Gasteiger partial charge is 0.393 e. The molecule has 152 valence electrons. The smallest absolute Gasteiger partial charge is 0.184 e.